The van der Waals surface area contributed by atoms with Crippen LogP contribution in [0.1, 0.15) is 13.8 Å². The first kappa shape index (κ1) is 13.1. The van der Waals surface area contributed by atoms with Gasteiger partial charge in [-0.05, 0) is 5.41 Å². The molecule has 2 nitrogen and oxygen atoms in total. The molecule has 0 radical (unpaired) electrons. The molecule has 0 N–H and O–H groups in total. The zero-order chi connectivity index (χ0) is 13.2. The predicted molar refractivity (Wildman–Crippen MR) is 36.8 cm³/mol. The van der Waals surface area contributed by atoms with Gasteiger partial charge in [-0.3, -0.25) is 0 Å². The van der Waals surface area contributed by atoms with Crippen LogP contribution in [0.25, 0.3) is 0 Å². The molecule has 0 heterocycles. The molecule has 1 atom stereocenters. The molecular formula is C8H7F6O2-. The topological polar surface area (TPSA) is 40.1 Å². The molecule has 0 aromatic carbocycles. The third-order valence-corrected chi connectivity index (χ3v) is 3.22. The van der Waals surface area contributed by atoms with Crippen molar-refractivity contribution in [2.45, 2.75) is 26.2 Å². The van der Waals surface area contributed by atoms with Crippen molar-refractivity contribution in [3.05, 3.63) is 0 Å². The van der Waals surface area contributed by atoms with Gasteiger partial charge in [-0.2, -0.15) is 26.3 Å². The number of alkyl halides is 6. The summed E-state index contributed by atoms with van der Waals surface area (Å²) in [6.45, 7) is 1.24. The molecule has 0 spiro atoms. The molecule has 1 unspecified atom stereocenters. The van der Waals surface area contributed by atoms with E-state index in [2.05, 4.69) is 0 Å². The third-order valence-electron chi connectivity index (χ3n) is 3.22. The monoisotopic (exact) mass is 249 g/mol. The van der Waals surface area contributed by atoms with Crippen LogP contribution in [0.3, 0.4) is 0 Å². The molecule has 0 saturated heterocycles. The zero-order valence-electron chi connectivity index (χ0n) is 8.16. The predicted octanol–water partition coefficient (Wildman–Crippen LogP) is 1.50. The molecule has 1 aliphatic rings. The number of hydrogen-bond donors (Lipinski definition) is 0. The van der Waals surface area contributed by atoms with Crippen molar-refractivity contribution < 1.29 is 36.2 Å². The average Bonchev–Trinajstić information content (AvgIpc) is 2.45. The number of halogens is 6. The fourth-order valence-electron chi connectivity index (χ4n) is 2.45. The van der Waals surface area contributed by atoms with Gasteiger partial charge in [-0.1, -0.05) is 13.8 Å². The summed E-state index contributed by atoms with van der Waals surface area (Å²) in [5.74, 6) is -4.93. The second-order valence-electron chi connectivity index (χ2n) is 4.28. The lowest BCUT2D eigenvalue weighted by molar-refractivity contribution is -0.332. The number of carboxylic acids is 1. The second kappa shape index (κ2) is 2.84. The Kier molecular flexibility index (Phi) is 2.32. The van der Waals surface area contributed by atoms with Crippen molar-refractivity contribution >= 4 is 5.97 Å². The first-order valence-electron chi connectivity index (χ1n) is 4.16. The number of carboxylic acid groups (broad SMARTS) is 1. The first-order valence-corrected chi connectivity index (χ1v) is 4.16. The number of aliphatic carboxylic acids is 1. The maximum absolute atomic E-state index is 12.5. The van der Waals surface area contributed by atoms with E-state index in [1.807, 2.05) is 0 Å². The van der Waals surface area contributed by atoms with Crippen molar-refractivity contribution in [3.8, 4) is 0 Å². The van der Waals surface area contributed by atoms with E-state index < -0.39 is 35.1 Å². The van der Waals surface area contributed by atoms with E-state index in [0.29, 0.717) is 13.8 Å². The van der Waals surface area contributed by atoms with Crippen molar-refractivity contribution in [2.75, 3.05) is 0 Å². The summed E-state index contributed by atoms with van der Waals surface area (Å²) >= 11 is 0. The smallest absolute Gasteiger partial charge is 0.404 e. The van der Waals surface area contributed by atoms with Gasteiger partial charge in [-0.25, -0.2) is 0 Å². The molecule has 0 aliphatic heterocycles. The molecule has 0 bridgehead atoms. The first-order chi connectivity index (χ1) is 6.82. The maximum Gasteiger partial charge on any atom is 0.404 e. The van der Waals surface area contributed by atoms with Crippen LogP contribution in [-0.4, -0.2) is 18.3 Å². The highest BCUT2D eigenvalue weighted by Crippen LogP contribution is 2.80. The summed E-state index contributed by atoms with van der Waals surface area (Å²) in [6, 6.07) is 0. The second-order valence-corrected chi connectivity index (χ2v) is 4.28. The molecule has 8 heteroatoms. The summed E-state index contributed by atoms with van der Waals surface area (Å²) in [7, 11) is 0. The zero-order valence-corrected chi connectivity index (χ0v) is 8.16. The van der Waals surface area contributed by atoms with E-state index >= 15 is 0 Å². The molecule has 1 saturated carbocycles. The summed E-state index contributed by atoms with van der Waals surface area (Å²) in [4.78, 5) is 10.4. The lowest BCUT2D eigenvalue weighted by Gasteiger charge is -2.26. The standard InChI is InChI=1S/C8H8F6O2/c1-5(2)3(4(15)16)6(5,7(9,10)11)8(12,13)14/h3H,1-2H3,(H,15,16)/p-1. The van der Waals surface area contributed by atoms with Gasteiger partial charge in [0.2, 0.25) is 0 Å². The molecule has 0 aromatic heterocycles. The lowest BCUT2D eigenvalue weighted by atomic mass is 9.94. The molecule has 16 heavy (non-hydrogen) atoms. The van der Waals surface area contributed by atoms with E-state index in [4.69, 9.17) is 0 Å². The number of carbonyl (C=O) groups is 1. The Balaban J connectivity index is 3.38. The van der Waals surface area contributed by atoms with Gasteiger partial charge in [0.1, 0.15) is 0 Å². The van der Waals surface area contributed by atoms with Gasteiger partial charge >= 0.3 is 12.4 Å². The molecule has 94 valence electrons. The van der Waals surface area contributed by atoms with Crippen molar-refractivity contribution in [1.29, 1.82) is 0 Å². The SMILES string of the molecule is CC1(C)C(C(=O)[O-])C1(C(F)(F)F)C(F)(F)F. The Morgan fingerprint density at radius 3 is 1.44 bits per heavy atom. The quantitative estimate of drug-likeness (QED) is 0.661. The van der Waals surface area contributed by atoms with Crippen molar-refractivity contribution in [3.63, 3.8) is 0 Å². The Morgan fingerprint density at radius 1 is 1.06 bits per heavy atom. The van der Waals surface area contributed by atoms with Crippen LogP contribution in [0.5, 0.6) is 0 Å². The molecule has 0 amide bonds. The molecule has 1 fully saturated rings. The number of carbonyl (C=O) groups excluding carboxylic acids is 1. The average molecular weight is 249 g/mol. The minimum atomic E-state index is -5.67. The maximum atomic E-state index is 12.5. The minimum Gasteiger partial charge on any atom is -0.550 e. The summed E-state index contributed by atoms with van der Waals surface area (Å²) in [5, 5.41) is 10.4. The fourth-order valence-corrected chi connectivity index (χ4v) is 2.45. The van der Waals surface area contributed by atoms with Gasteiger partial charge in [0, 0.05) is 11.9 Å². The lowest BCUT2D eigenvalue weighted by Crippen LogP contribution is -2.45. The Bertz CT molecular complexity index is 312. The van der Waals surface area contributed by atoms with Crippen LogP contribution < -0.4 is 5.11 Å². The van der Waals surface area contributed by atoms with Crippen LogP contribution >= 0.6 is 0 Å². The van der Waals surface area contributed by atoms with Crippen LogP contribution in [-0.2, 0) is 4.79 Å². The summed E-state index contributed by atoms with van der Waals surface area (Å²) < 4.78 is 74.9. The van der Waals surface area contributed by atoms with Crippen LogP contribution in [0.2, 0.25) is 0 Å². The Morgan fingerprint density at radius 2 is 1.38 bits per heavy atom. The fraction of sp³-hybridized carbons (Fsp3) is 0.875. The van der Waals surface area contributed by atoms with Crippen LogP contribution in [0.4, 0.5) is 26.3 Å². The third kappa shape index (κ3) is 1.18. The number of hydrogen-bond acceptors (Lipinski definition) is 2. The highest BCUT2D eigenvalue weighted by atomic mass is 19.4. The summed E-state index contributed by atoms with van der Waals surface area (Å²) in [6.07, 6.45) is -11.3. The van der Waals surface area contributed by atoms with Crippen LogP contribution in [0.15, 0.2) is 0 Å². The minimum absolute atomic E-state index is 0.619. The molecule has 0 aromatic rings. The van der Waals surface area contributed by atoms with E-state index in [9.17, 15) is 36.2 Å². The van der Waals surface area contributed by atoms with Gasteiger partial charge in [0.15, 0.2) is 5.41 Å². The van der Waals surface area contributed by atoms with E-state index in [1.165, 1.54) is 0 Å². The van der Waals surface area contributed by atoms with E-state index in [1.54, 1.807) is 0 Å². The normalized spacial score (nSPS) is 27.6. The van der Waals surface area contributed by atoms with Gasteiger partial charge in [0.05, 0.1) is 0 Å². The van der Waals surface area contributed by atoms with E-state index in [0.717, 1.165) is 0 Å². The van der Waals surface area contributed by atoms with Crippen molar-refractivity contribution in [1.82, 2.24) is 0 Å². The van der Waals surface area contributed by atoms with E-state index in [-0.39, 0.29) is 0 Å². The largest absolute Gasteiger partial charge is 0.550 e. The van der Waals surface area contributed by atoms with Gasteiger partial charge < -0.3 is 9.90 Å². The van der Waals surface area contributed by atoms with Crippen LogP contribution in [0, 0.1) is 16.7 Å². The highest BCUT2D eigenvalue weighted by Gasteiger charge is 2.93. The van der Waals surface area contributed by atoms with Crippen molar-refractivity contribution in [2.24, 2.45) is 16.7 Å². The van der Waals surface area contributed by atoms with Gasteiger partial charge in [-0.15, -0.1) is 0 Å². The molecule has 1 rings (SSSR count). The Labute approximate surface area is 86.2 Å². The number of rotatable bonds is 1. The molecule has 1 aliphatic carbocycles. The molecular weight excluding hydrogens is 242 g/mol. The Hall–Kier alpha value is -0.950. The van der Waals surface area contributed by atoms with Gasteiger partial charge in [0.25, 0.3) is 0 Å². The summed E-state index contributed by atoms with van der Waals surface area (Å²) in [5.41, 5.74) is -6.64. The highest BCUT2D eigenvalue weighted by molar-refractivity contribution is 5.76.